The van der Waals surface area contributed by atoms with E-state index in [0.29, 0.717) is 0 Å². The second kappa shape index (κ2) is 6.50. The maximum absolute atomic E-state index is 10.5. The van der Waals surface area contributed by atoms with Crippen molar-refractivity contribution in [3.8, 4) is 0 Å². The van der Waals surface area contributed by atoms with Gasteiger partial charge in [0.1, 0.15) is 0 Å². The zero-order valence-corrected chi connectivity index (χ0v) is 12.1. The van der Waals surface area contributed by atoms with Gasteiger partial charge in [-0.05, 0) is 32.9 Å². The number of aryl methyl sites for hydroxylation is 3. The van der Waals surface area contributed by atoms with Crippen LogP contribution in [0, 0.1) is 20.8 Å². The highest BCUT2D eigenvalue weighted by Gasteiger charge is 2.06. The number of hydrogen-bond donors (Lipinski definition) is 1. The van der Waals surface area contributed by atoms with Crippen molar-refractivity contribution >= 4 is 10.1 Å². The standard InChI is InChI=1S/C8H10.C7H8O3S/c1-7-3-5-8(2)6-4-7;1-6-2-4-7(5-3-6)11(8,9)10/h3-6H,1-2H3;2-5H,1H3,(H,8,9,10). The lowest BCUT2D eigenvalue weighted by atomic mass is 10.2. The zero-order valence-electron chi connectivity index (χ0n) is 11.3. The summed E-state index contributed by atoms with van der Waals surface area (Å²) in [7, 11) is -4.02. The molecule has 0 bridgehead atoms. The summed E-state index contributed by atoms with van der Waals surface area (Å²) in [6.07, 6.45) is 0. The summed E-state index contributed by atoms with van der Waals surface area (Å²) in [6, 6.07) is 14.5. The van der Waals surface area contributed by atoms with E-state index in [2.05, 4.69) is 38.1 Å². The molecule has 0 aromatic heterocycles. The molecule has 0 saturated carbocycles. The zero-order chi connectivity index (χ0) is 14.5. The summed E-state index contributed by atoms with van der Waals surface area (Å²) in [5.41, 5.74) is 3.61. The predicted octanol–water partition coefficient (Wildman–Crippen LogP) is 3.55. The summed E-state index contributed by atoms with van der Waals surface area (Å²) in [4.78, 5) is -0.0666. The van der Waals surface area contributed by atoms with E-state index in [0.717, 1.165) is 5.56 Å². The second-order valence-electron chi connectivity index (χ2n) is 4.44. The van der Waals surface area contributed by atoms with Crippen molar-refractivity contribution in [3.05, 3.63) is 65.2 Å². The fourth-order valence-electron chi connectivity index (χ4n) is 1.35. The predicted molar refractivity (Wildman–Crippen MR) is 76.9 cm³/mol. The van der Waals surface area contributed by atoms with Crippen molar-refractivity contribution in [2.75, 3.05) is 0 Å². The van der Waals surface area contributed by atoms with Gasteiger partial charge in [0.2, 0.25) is 0 Å². The Morgan fingerprint density at radius 3 is 1.21 bits per heavy atom. The Balaban J connectivity index is 0.000000200. The Bertz CT molecular complexity index is 590. The summed E-state index contributed by atoms with van der Waals surface area (Å²) in [5.74, 6) is 0. The summed E-state index contributed by atoms with van der Waals surface area (Å²) in [5, 5.41) is 0. The molecule has 3 nitrogen and oxygen atoms in total. The van der Waals surface area contributed by atoms with E-state index >= 15 is 0 Å². The van der Waals surface area contributed by atoms with Crippen LogP contribution in [0.4, 0.5) is 0 Å². The van der Waals surface area contributed by atoms with E-state index < -0.39 is 10.1 Å². The molecule has 0 fully saturated rings. The van der Waals surface area contributed by atoms with Crippen molar-refractivity contribution in [2.24, 2.45) is 0 Å². The SMILES string of the molecule is Cc1ccc(C)cc1.Cc1ccc(S(=O)(=O)O)cc1. The van der Waals surface area contributed by atoms with Gasteiger partial charge in [0.15, 0.2) is 0 Å². The maximum atomic E-state index is 10.5. The minimum Gasteiger partial charge on any atom is -0.282 e. The molecular formula is C15H18O3S. The number of hydrogen-bond acceptors (Lipinski definition) is 2. The largest absolute Gasteiger partial charge is 0.294 e. The molecule has 0 spiro atoms. The molecule has 0 radical (unpaired) electrons. The van der Waals surface area contributed by atoms with Crippen LogP contribution in [0.1, 0.15) is 16.7 Å². The Hall–Kier alpha value is -1.65. The lowest BCUT2D eigenvalue weighted by Crippen LogP contribution is -1.96. The third kappa shape index (κ3) is 5.68. The van der Waals surface area contributed by atoms with Crippen molar-refractivity contribution < 1.29 is 13.0 Å². The third-order valence-electron chi connectivity index (χ3n) is 2.54. The first kappa shape index (κ1) is 15.4. The molecule has 102 valence electrons. The molecule has 2 rings (SSSR count). The highest BCUT2D eigenvalue weighted by molar-refractivity contribution is 7.85. The van der Waals surface area contributed by atoms with Gasteiger partial charge in [-0.1, -0.05) is 53.1 Å². The molecule has 1 N–H and O–H groups in total. The van der Waals surface area contributed by atoms with Crippen LogP contribution < -0.4 is 0 Å². The van der Waals surface area contributed by atoms with Gasteiger partial charge in [-0.25, -0.2) is 0 Å². The quantitative estimate of drug-likeness (QED) is 0.812. The minimum atomic E-state index is -4.02. The molecule has 0 aliphatic carbocycles. The first-order valence-electron chi connectivity index (χ1n) is 5.86. The van der Waals surface area contributed by atoms with Gasteiger partial charge in [-0.3, -0.25) is 4.55 Å². The van der Waals surface area contributed by atoms with Crippen molar-refractivity contribution in [3.63, 3.8) is 0 Å². The Labute approximate surface area is 114 Å². The van der Waals surface area contributed by atoms with Crippen molar-refractivity contribution in [2.45, 2.75) is 25.7 Å². The molecule has 4 heteroatoms. The van der Waals surface area contributed by atoms with Gasteiger partial charge in [-0.15, -0.1) is 0 Å². The number of benzene rings is 2. The molecule has 0 saturated heterocycles. The molecule has 0 heterocycles. The molecule has 0 aliphatic heterocycles. The molecular weight excluding hydrogens is 260 g/mol. The van der Waals surface area contributed by atoms with E-state index in [1.807, 2.05) is 6.92 Å². The van der Waals surface area contributed by atoms with E-state index in [1.54, 1.807) is 12.1 Å². The molecule has 19 heavy (non-hydrogen) atoms. The van der Waals surface area contributed by atoms with Gasteiger partial charge in [0.25, 0.3) is 10.1 Å². The van der Waals surface area contributed by atoms with Crippen LogP contribution in [0.5, 0.6) is 0 Å². The molecule has 0 amide bonds. The highest BCUT2D eigenvalue weighted by atomic mass is 32.2. The maximum Gasteiger partial charge on any atom is 0.294 e. The first-order chi connectivity index (χ1) is 8.79. The average molecular weight is 278 g/mol. The average Bonchev–Trinajstić information content (AvgIpc) is 2.33. The molecule has 0 atom stereocenters. The number of rotatable bonds is 1. The Morgan fingerprint density at radius 2 is 0.947 bits per heavy atom. The Kier molecular flexibility index (Phi) is 5.27. The lowest BCUT2D eigenvalue weighted by molar-refractivity contribution is 0.483. The van der Waals surface area contributed by atoms with E-state index in [4.69, 9.17) is 4.55 Å². The normalized spacial score (nSPS) is 10.5. The second-order valence-corrected chi connectivity index (χ2v) is 5.86. The van der Waals surface area contributed by atoms with Crippen molar-refractivity contribution in [1.82, 2.24) is 0 Å². The van der Waals surface area contributed by atoms with Crippen LogP contribution >= 0.6 is 0 Å². The van der Waals surface area contributed by atoms with E-state index in [-0.39, 0.29) is 4.90 Å². The van der Waals surface area contributed by atoms with Crippen molar-refractivity contribution in [1.29, 1.82) is 0 Å². The summed E-state index contributed by atoms with van der Waals surface area (Å²) < 4.78 is 29.6. The molecule has 2 aromatic rings. The highest BCUT2D eigenvalue weighted by Crippen LogP contribution is 2.08. The van der Waals surface area contributed by atoms with Gasteiger partial charge >= 0.3 is 0 Å². The summed E-state index contributed by atoms with van der Waals surface area (Å²) >= 11 is 0. The van der Waals surface area contributed by atoms with Crippen LogP contribution in [0.15, 0.2) is 53.4 Å². The molecule has 0 aliphatic rings. The van der Waals surface area contributed by atoms with Gasteiger partial charge in [-0.2, -0.15) is 8.42 Å². The smallest absolute Gasteiger partial charge is 0.282 e. The van der Waals surface area contributed by atoms with Gasteiger partial charge in [0, 0.05) is 0 Å². The van der Waals surface area contributed by atoms with Crippen LogP contribution in [0.2, 0.25) is 0 Å². The third-order valence-corrected chi connectivity index (χ3v) is 3.40. The van der Waals surface area contributed by atoms with Crippen LogP contribution in [0.3, 0.4) is 0 Å². The minimum absolute atomic E-state index is 0.0666. The fourth-order valence-corrected chi connectivity index (χ4v) is 1.83. The van der Waals surface area contributed by atoms with Crippen LogP contribution in [-0.2, 0) is 10.1 Å². The van der Waals surface area contributed by atoms with Crippen LogP contribution in [0.25, 0.3) is 0 Å². The van der Waals surface area contributed by atoms with E-state index in [1.165, 1.54) is 23.3 Å². The summed E-state index contributed by atoms with van der Waals surface area (Å²) in [6.45, 7) is 6.03. The van der Waals surface area contributed by atoms with E-state index in [9.17, 15) is 8.42 Å². The first-order valence-corrected chi connectivity index (χ1v) is 7.30. The van der Waals surface area contributed by atoms with Gasteiger partial charge < -0.3 is 0 Å². The molecule has 2 aromatic carbocycles. The lowest BCUT2D eigenvalue weighted by Gasteiger charge is -1.95. The van der Waals surface area contributed by atoms with Gasteiger partial charge in [0.05, 0.1) is 4.90 Å². The monoisotopic (exact) mass is 278 g/mol. The fraction of sp³-hybridized carbons (Fsp3) is 0.200. The topological polar surface area (TPSA) is 54.4 Å². The molecule has 0 unspecified atom stereocenters. The Morgan fingerprint density at radius 1 is 0.684 bits per heavy atom. The van der Waals surface area contributed by atoms with Crippen LogP contribution in [-0.4, -0.2) is 13.0 Å².